The van der Waals surface area contributed by atoms with Gasteiger partial charge in [0.1, 0.15) is 11.3 Å². The number of benzene rings is 2. The van der Waals surface area contributed by atoms with Crippen LogP contribution >= 0.6 is 0 Å². The van der Waals surface area contributed by atoms with Gasteiger partial charge in [-0.15, -0.1) is 0 Å². The highest BCUT2D eigenvalue weighted by atomic mass is 19.1. The Morgan fingerprint density at radius 3 is 2.40 bits per heavy atom. The number of ether oxygens (including phenoxy) is 1. The predicted octanol–water partition coefficient (Wildman–Crippen LogP) is 4.84. The molecule has 1 aromatic heterocycles. The van der Waals surface area contributed by atoms with Crippen molar-refractivity contribution in [3.05, 3.63) is 59.2 Å². The summed E-state index contributed by atoms with van der Waals surface area (Å²) in [6, 6.07) is 8.96. The number of carbonyl (C=O) groups is 2. The maximum atomic E-state index is 14.1. The van der Waals surface area contributed by atoms with Crippen molar-refractivity contribution < 1.29 is 18.7 Å². The fourth-order valence-corrected chi connectivity index (χ4v) is 2.74. The van der Waals surface area contributed by atoms with Crippen molar-refractivity contribution >= 4 is 34.4 Å². The molecule has 0 aliphatic rings. The van der Waals surface area contributed by atoms with Crippen LogP contribution in [0.1, 0.15) is 35.6 Å². The number of nitrogens with zero attached hydrogens (tertiary/aromatic N) is 2. The van der Waals surface area contributed by atoms with E-state index in [1.54, 1.807) is 38.1 Å². The summed E-state index contributed by atoms with van der Waals surface area (Å²) in [5.74, 6) is -0.886. The molecule has 2 amide bonds. The normalized spacial score (nSPS) is 10.9. The Morgan fingerprint density at radius 2 is 1.70 bits per heavy atom. The quantitative estimate of drug-likeness (QED) is 0.628. The van der Waals surface area contributed by atoms with E-state index in [9.17, 15) is 14.0 Å². The third-order valence-corrected chi connectivity index (χ3v) is 4.31. The zero-order valence-electron chi connectivity index (χ0n) is 17.2. The van der Waals surface area contributed by atoms with Gasteiger partial charge in [0.05, 0.1) is 29.1 Å². The molecule has 2 aromatic carbocycles. The largest absolute Gasteiger partial charge is 0.449 e. The molecular formula is C22H23FN4O3. The van der Waals surface area contributed by atoms with Crippen molar-refractivity contribution in [2.45, 2.75) is 27.7 Å². The molecule has 0 aliphatic heterocycles. The van der Waals surface area contributed by atoms with Crippen molar-refractivity contribution in [2.24, 2.45) is 5.92 Å². The summed E-state index contributed by atoms with van der Waals surface area (Å²) in [4.78, 5) is 33.4. The first-order valence-electron chi connectivity index (χ1n) is 9.52. The highest BCUT2D eigenvalue weighted by Gasteiger charge is 2.16. The highest BCUT2D eigenvalue weighted by molar-refractivity contribution is 6.11. The Labute approximate surface area is 173 Å². The molecule has 0 atom stereocenters. The van der Waals surface area contributed by atoms with Crippen LogP contribution in [-0.4, -0.2) is 28.6 Å². The summed E-state index contributed by atoms with van der Waals surface area (Å²) in [6.45, 7) is 7.73. The summed E-state index contributed by atoms with van der Waals surface area (Å²) in [5.41, 5.74) is 2.93. The lowest BCUT2D eigenvalue weighted by molar-refractivity contribution is 0.102. The average molecular weight is 410 g/mol. The highest BCUT2D eigenvalue weighted by Crippen LogP contribution is 2.22. The van der Waals surface area contributed by atoms with Gasteiger partial charge in [-0.2, -0.15) is 0 Å². The van der Waals surface area contributed by atoms with Crippen molar-refractivity contribution in [1.82, 2.24) is 9.97 Å². The van der Waals surface area contributed by atoms with E-state index in [4.69, 9.17) is 4.74 Å². The third-order valence-electron chi connectivity index (χ3n) is 4.31. The Bertz CT molecular complexity index is 1110. The van der Waals surface area contributed by atoms with Crippen LogP contribution in [0.2, 0.25) is 0 Å². The molecule has 0 saturated heterocycles. The molecule has 3 aromatic rings. The molecule has 0 bridgehead atoms. The second-order valence-corrected chi connectivity index (χ2v) is 7.37. The first kappa shape index (κ1) is 21.2. The number of carbonyl (C=O) groups excluding carboxylic acids is 2. The Hall–Kier alpha value is -3.55. The smallest absolute Gasteiger partial charge is 0.411 e. The molecule has 0 unspecified atom stereocenters. The number of nitrogens with one attached hydrogen (secondary N) is 2. The fraction of sp³-hybridized carbons (Fsp3) is 0.273. The second-order valence-electron chi connectivity index (χ2n) is 7.37. The number of hydrogen-bond donors (Lipinski definition) is 2. The lowest BCUT2D eigenvalue weighted by atomic mass is 10.1. The molecule has 0 fully saturated rings. The number of rotatable bonds is 5. The van der Waals surface area contributed by atoms with Crippen molar-refractivity contribution in [1.29, 1.82) is 0 Å². The minimum Gasteiger partial charge on any atom is -0.449 e. The number of aromatic nitrogens is 2. The molecule has 30 heavy (non-hydrogen) atoms. The van der Waals surface area contributed by atoms with E-state index in [-0.39, 0.29) is 11.5 Å². The minimum atomic E-state index is -0.579. The van der Waals surface area contributed by atoms with Gasteiger partial charge in [-0.1, -0.05) is 19.9 Å². The molecule has 7 nitrogen and oxygen atoms in total. The Kier molecular flexibility index (Phi) is 6.25. The molecule has 0 radical (unpaired) electrons. The Balaban J connectivity index is 1.81. The average Bonchev–Trinajstić information content (AvgIpc) is 2.67. The van der Waals surface area contributed by atoms with Gasteiger partial charge in [0.2, 0.25) is 0 Å². The van der Waals surface area contributed by atoms with Crippen LogP contribution in [-0.2, 0) is 4.74 Å². The first-order valence-corrected chi connectivity index (χ1v) is 9.52. The van der Waals surface area contributed by atoms with Crippen LogP contribution in [0.15, 0.2) is 36.4 Å². The first-order chi connectivity index (χ1) is 14.2. The SMILES string of the molecule is Cc1nc2cc(F)cc(C(=O)Nc3cccc(NC(=O)OCC(C)C)c3)c2nc1C. The maximum Gasteiger partial charge on any atom is 0.411 e. The second kappa shape index (κ2) is 8.86. The lowest BCUT2D eigenvalue weighted by Crippen LogP contribution is -2.17. The van der Waals surface area contributed by atoms with Crippen molar-refractivity contribution in [3.63, 3.8) is 0 Å². The van der Waals surface area contributed by atoms with Gasteiger partial charge in [-0.3, -0.25) is 10.1 Å². The van der Waals surface area contributed by atoms with Gasteiger partial charge in [0, 0.05) is 17.4 Å². The van der Waals surface area contributed by atoms with Crippen LogP contribution in [0.5, 0.6) is 0 Å². The van der Waals surface area contributed by atoms with Gasteiger partial charge in [0.25, 0.3) is 5.91 Å². The van der Waals surface area contributed by atoms with E-state index in [2.05, 4.69) is 20.6 Å². The van der Waals surface area contributed by atoms with Crippen LogP contribution in [0.25, 0.3) is 11.0 Å². The zero-order valence-corrected chi connectivity index (χ0v) is 17.2. The topological polar surface area (TPSA) is 93.2 Å². The minimum absolute atomic E-state index is 0.0790. The fourth-order valence-electron chi connectivity index (χ4n) is 2.74. The van der Waals surface area contributed by atoms with E-state index in [1.165, 1.54) is 6.07 Å². The van der Waals surface area contributed by atoms with E-state index >= 15 is 0 Å². The van der Waals surface area contributed by atoms with Gasteiger partial charge >= 0.3 is 6.09 Å². The van der Waals surface area contributed by atoms with Crippen LogP contribution < -0.4 is 10.6 Å². The van der Waals surface area contributed by atoms with E-state index in [0.717, 1.165) is 6.07 Å². The Morgan fingerprint density at radius 1 is 1.03 bits per heavy atom. The summed E-state index contributed by atoms with van der Waals surface area (Å²) in [5, 5.41) is 5.32. The number of amides is 2. The predicted molar refractivity (Wildman–Crippen MR) is 113 cm³/mol. The monoisotopic (exact) mass is 410 g/mol. The third kappa shape index (κ3) is 5.08. The van der Waals surface area contributed by atoms with Crippen LogP contribution in [0.4, 0.5) is 20.6 Å². The maximum absolute atomic E-state index is 14.1. The number of fused-ring (bicyclic) bond motifs is 1. The standard InChI is InChI=1S/C22H23FN4O3/c1-12(2)11-30-22(29)27-17-7-5-6-16(10-17)26-21(28)18-8-15(23)9-19-20(18)25-14(4)13(3)24-19/h5-10,12H,11H2,1-4H3,(H,26,28)(H,27,29). The van der Waals surface area contributed by atoms with Gasteiger partial charge < -0.3 is 10.1 Å². The number of anilines is 2. The van der Waals surface area contributed by atoms with E-state index in [0.29, 0.717) is 40.4 Å². The van der Waals surface area contributed by atoms with Crippen molar-refractivity contribution in [2.75, 3.05) is 17.2 Å². The van der Waals surface area contributed by atoms with Crippen LogP contribution in [0.3, 0.4) is 0 Å². The summed E-state index contributed by atoms with van der Waals surface area (Å²) in [7, 11) is 0. The molecule has 2 N–H and O–H groups in total. The summed E-state index contributed by atoms with van der Waals surface area (Å²) in [6.07, 6.45) is -0.579. The zero-order chi connectivity index (χ0) is 21.8. The molecular weight excluding hydrogens is 387 g/mol. The number of aryl methyl sites for hydroxylation is 2. The molecule has 1 heterocycles. The lowest BCUT2D eigenvalue weighted by Gasteiger charge is -2.11. The van der Waals surface area contributed by atoms with Gasteiger partial charge in [0.15, 0.2) is 0 Å². The molecule has 8 heteroatoms. The number of halogens is 1. The van der Waals surface area contributed by atoms with Crippen LogP contribution in [0, 0.1) is 25.6 Å². The van der Waals surface area contributed by atoms with Crippen molar-refractivity contribution in [3.8, 4) is 0 Å². The molecule has 0 aliphatic carbocycles. The molecule has 0 saturated carbocycles. The summed E-state index contributed by atoms with van der Waals surface area (Å²) < 4.78 is 19.1. The molecule has 156 valence electrons. The number of hydrogen-bond acceptors (Lipinski definition) is 5. The summed E-state index contributed by atoms with van der Waals surface area (Å²) >= 11 is 0. The van der Waals surface area contributed by atoms with E-state index < -0.39 is 17.8 Å². The van der Waals surface area contributed by atoms with Gasteiger partial charge in [-0.05, 0) is 44.0 Å². The molecule has 0 spiro atoms. The van der Waals surface area contributed by atoms with Gasteiger partial charge in [-0.25, -0.2) is 19.2 Å². The van der Waals surface area contributed by atoms with E-state index in [1.807, 2.05) is 13.8 Å². The molecule has 3 rings (SSSR count).